The van der Waals surface area contributed by atoms with Crippen molar-refractivity contribution in [1.29, 1.82) is 0 Å². The van der Waals surface area contributed by atoms with E-state index in [4.69, 9.17) is 0 Å². The summed E-state index contributed by atoms with van der Waals surface area (Å²) < 4.78 is 1.69. The van der Waals surface area contributed by atoms with Gasteiger partial charge in [0.25, 0.3) is 5.78 Å². The highest BCUT2D eigenvalue weighted by Crippen LogP contribution is 2.26. The number of fused-ring (bicyclic) bond motifs is 1. The summed E-state index contributed by atoms with van der Waals surface area (Å²) in [6.07, 6.45) is 2.34. The lowest BCUT2D eigenvalue weighted by atomic mass is 10.1. The van der Waals surface area contributed by atoms with Gasteiger partial charge in [-0.25, -0.2) is 14.5 Å². The largest absolute Gasteiger partial charge is 0.350 e. The molecule has 4 rings (SSSR count). The van der Waals surface area contributed by atoms with Crippen molar-refractivity contribution in [3.05, 3.63) is 58.5 Å². The summed E-state index contributed by atoms with van der Waals surface area (Å²) in [7, 11) is 0. The molecule has 4 aromatic rings. The minimum absolute atomic E-state index is 0.0606. The van der Waals surface area contributed by atoms with E-state index in [0.29, 0.717) is 23.8 Å². The Balaban J connectivity index is 1.38. The minimum atomic E-state index is -0.104. The molecule has 0 spiro atoms. The molecule has 0 bridgehead atoms. The molecular formula is C23H25N7O2S. The maximum Gasteiger partial charge on any atom is 0.252 e. The molecule has 2 amide bonds. The van der Waals surface area contributed by atoms with Crippen LogP contribution in [0.2, 0.25) is 0 Å². The number of hydrogen-bond acceptors (Lipinski definition) is 7. The molecule has 170 valence electrons. The molecule has 3 heterocycles. The zero-order valence-corrected chi connectivity index (χ0v) is 19.7. The van der Waals surface area contributed by atoms with Crippen molar-refractivity contribution in [2.24, 2.45) is 0 Å². The molecule has 0 radical (unpaired) electrons. The molecule has 0 saturated carbocycles. The van der Waals surface area contributed by atoms with Crippen molar-refractivity contribution >= 4 is 34.1 Å². The number of nitrogens with one attached hydrogen (secondary N) is 2. The average Bonchev–Trinajstić information content (AvgIpc) is 3.43. The summed E-state index contributed by atoms with van der Waals surface area (Å²) in [4.78, 5) is 36.9. The van der Waals surface area contributed by atoms with Crippen LogP contribution in [0.4, 0.5) is 5.13 Å². The van der Waals surface area contributed by atoms with Gasteiger partial charge in [0.15, 0.2) is 5.13 Å². The van der Waals surface area contributed by atoms with Crippen LogP contribution in [0.5, 0.6) is 0 Å². The fraction of sp³-hybridized carbons (Fsp3) is 0.304. The molecule has 0 fully saturated rings. The Labute approximate surface area is 195 Å². The third-order valence-corrected chi connectivity index (χ3v) is 6.23. The molecule has 0 aliphatic heterocycles. The molecule has 0 saturated heterocycles. The van der Waals surface area contributed by atoms with E-state index in [9.17, 15) is 9.59 Å². The number of anilines is 1. The van der Waals surface area contributed by atoms with Crippen molar-refractivity contribution in [3.63, 3.8) is 0 Å². The number of amides is 2. The number of benzene rings is 1. The monoisotopic (exact) mass is 463 g/mol. The zero-order chi connectivity index (χ0) is 23.5. The summed E-state index contributed by atoms with van der Waals surface area (Å²) >= 11 is 1.39. The third-order valence-electron chi connectivity index (χ3n) is 5.47. The molecule has 33 heavy (non-hydrogen) atoms. The van der Waals surface area contributed by atoms with Crippen LogP contribution in [0, 0.1) is 13.8 Å². The Hall–Kier alpha value is -3.66. The number of carbonyl (C=O) groups is 2. The van der Waals surface area contributed by atoms with Crippen LogP contribution in [0.3, 0.4) is 0 Å². The highest BCUT2D eigenvalue weighted by atomic mass is 32.1. The third kappa shape index (κ3) is 5.06. The predicted molar refractivity (Wildman–Crippen MR) is 127 cm³/mol. The summed E-state index contributed by atoms with van der Waals surface area (Å²) in [6, 6.07) is 7.81. The van der Waals surface area contributed by atoms with Crippen LogP contribution in [0.15, 0.2) is 36.0 Å². The van der Waals surface area contributed by atoms with Crippen molar-refractivity contribution in [2.45, 2.75) is 46.6 Å². The SMILES string of the molecule is CC(=O)NC(C)c1ccc(-c2csc(NC(=O)CCc3c(C)nc4ncnn4c3C)n2)cc1. The minimum Gasteiger partial charge on any atom is -0.350 e. The van der Waals surface area contributed by atoms with Gasteiger partial charge in [-0.15, -0.1) is 11.3 Å². The Morgan fingerprint density at radius 3 is 2.64 bits per heavy atom. The molecule has 10 heteroatoms. The molecule has 9 nitrogen and oxygen atoms in total. The summed E-state index contributed by atoms with van der Waals surface area (Å²) in [5, 5.41) is 12.4. The second kappa shape index (κ2) is 9.45. The molecule has 0 aliphatic carbocycles. The van der Waals surface area contributed by atoms with Crippen LogP contribution >= 0.6 is 11.3 Å². The van der Waals surface area contributed by atoms with E-state index in [0.717, 1.165) is 33.8 Å². The first-order valence-corrected chi connectivity index (χ1v) is 11.5. The quantitative estimate of drug-likeness (QED) is 0.433. The Kier molecular flexibility index (Phi) is 6.45. The first-order chi connectivity index (χ1) is 15.8. The smallest absolute Gasteiger partial charge is 0.252 e. The van der Waals surface area contributed by atoms with E-state index in [1.54, 1.807) is 4.52 Å². The van der Waals surface area contributed by atoms with Crippen LogP contribution < -0.4 is 10.6 Å². The van der Waals surface area contributed by atoms with E-state index >= 15 is 0 Å². The number of nitrogens with zero attached hydrogens (tertiary/aromatic N) is 5. The molecule has 3 aromatic heterocycles. The number of rotatable bonds is 7. The normalized spacial score (nSPS) is 12.0. The van der Waals surface area contributed by atoms with Crippen molar-refractivity contribution < 1.29 is 9.59 Å². The van der Waals surface area contributed by atoms with Crippen molar-refractivity contribution in [1.82, 2.24) is 29.9 Å². The Morgan fingerprint density at radius 2 is 1.91 bits per heavy atom. The maximum absolute atomic E-state index is 12.5. The van der Waals surface area contributed by atoms with Crippen LogP contribution in [0.25, 0.3) is 17.0 Å². The number of carbonyl (C=O) groups excluding carboxylic acids is 2. The van der Waals surface area contributed by atoms with Crippen molar-refractivity contribution in [2.75, 3.05) is 5.32 Å². The standard InChI is InChI=1S/C23H25N7O2S/c1-13(26-16(4)31)17-5-7-18(8-6-17)20-11-33-23(28-20)29-21(32)10-9-19-14(2)27-22-24-12-25-30(22)15(19)3/h5-8,11-13H,9-10H2,1-4H3,(H,26,31)(H,28,29,32). The fourth-order valence-corrected chi connectivity index (χ4v) is 4.47. The lowest BCUT2D eigenvalue weighted by Crippen LogP contribution is -2.23. The van der Waals surface area contributed by atoms with E-state index in [1.807, 2.05) is 50.4 Å². The highest BCUT2D eigenvalue weighted by Gasteiger charge is 2.14. The van der Waals surface area contributed by atoms with Gasteiger partial charge >= 0.3 is 0 Å². The van der Waals surface area contributed by atoms with E-state index in [-0.39, 0.29) is 17.9 Å². The van der Waals surface area contributed by atoms with Crippen LogP contribution in [0.1, 0.15) is 48.8 Å². The lowest BCUT2D eigenvalue weighted by Gasteiger charge is -2.13. The van der Waals surface area contributed by atoms with Gasteiger partial charge in [-0.05, 0) is 38.3 Å². The number of hydrogen-bond donors (Lipinski definition) is 2. The summed E-state index contributed by atoms with van der Waals surface area (Å²) in [5.41, 5.74) is 5.55. The first kappa shape index (κ1) is 22.5. The molecule has 1 aromatic carbocycles. The van der Waals surface area contributed by atoms with Gasteiger partial charge < -0.3 is 10.6 Å². The second-order valence-corrected chi connectivity index (χ2v) is 8.72. The second-order valence-electron chi connectivity index (χ2n) is 7.86. The topological polar surface area (TPSA) is 114 Å². The number of aromatic nitrogens is 5. The summed E-state index contributed by atoms with van der Waals surface area (Å²) in [6.45, 7) is 7.32. The van der Waals surface area contributed by atoms with Gasteiger partial charge in [0, 0.05) is 35.7 Å². The lowest BCUT2D eigenvalue weighted by molar-refractivity contribution is -0.119. The molecule has 2 N–H and O–H groups in total. The van der Waals surface area contributed by atoms with Crippen LogP contribution in [-0.2, 0) is 16.0 Å². The Morgan fingerprint density at radius 1 is 1.15 bits per heavy atom. The number of aryl methyl sites for hydroxylation is 2. The first-order valence-electron chi connectivity index (χ1n) is 10.6. The van der Waals surface area contributed by atoms with Gasteiger partial charge in [0.2, 0.25) is 11.8 Å². The molecule has 1 atom stereocenters. The fourth-order valence-electron chi connectivity index (χ4n) is 3.73. The van der Waals surface area contributed by atoms with Gasteiger partial charge in [-0.1, -0.05) is 24.3 Å². The Bertz CT molecular complexity index is 1310. The zero-order valence-electron chi connectivity index (χ0n) is 18.9. The van der Waals surface area contributed by atoms with E-state index in [1.165, 1.54) is 24.6 Å². The van der Waals surface area contributed by atoms with Crippen molar-refractivity contribution in [3.8, 4) is 11.3 Å². The van der Waals surface area contributed by atoms with Gasteiger partial charge in [0.05, 0.1) is 11.7 Å². The van der Waals surface area contributed by atoms with Gasteiger partial charge in [-0.3, -0.25) is 9.59 Å². The molecule has 1 unspecified atom stereocenters. The van der Waals surface area contributed by atoms with E-state index < -0.39 is 0 Å². The summed E-state index contributed by atoms with van der Waals surface area (Å²) in [5.74, 6) is 0.394. The van der Waals surface area contributed by atoms with Gasteiger partial charge in [0.1, 0.15) is 6.33 Å². The van der Waals surface area contributed by atoms with Crippen LogP contribution in [-0.4, -0.2) is 36.4 Å². The van der Waals surface area contributed by atoms with E-state index in [2.05, 4.69) is 30.7 Å². The average molecular weight is 464 g/mol. The number of thiazole rings is 1. The predicted octanol–water partition coefficient (Wildman–Crippen LogP) is 3.63. The maximum atomic E-state index is 12.5. The molecular weight excluding hydrogens is 438 g/mol. The van der Waals surface area contributed by atoms with Gasteiger partial charge in [-0.2, -0.15) is 10.1 Å². The highest BCUT2D eigenvalue weighted by molar-refractivity contribution is 7.14. The molecule has 0 aliphatic rings.